The van der Waals surface area contributed by atoms with E-state index in [2.05, 4.69) is 142 Å². The van der Waals surface area contributed by atoms with Crippen molar-refractivity contribution in [2.24, 2.45) is 0 Å². The lowest BCUT2D eigenvalue weighted by Gasteiger charge is -2.19. The molecular formula is C38H34N4. The minimum absolute atomic E-state index is 0.317. The summed E-state index contributed by atoms with van der Waals surface area (Å²) < 4.78 is 0. The maximum absolute atomic E-state index is 3.54. The van der Waals surface area contributed by atoms with Crippen molar-refractivity contribution in [1.29, 1.82) is 0 Å². The van der Waals surface area contributed by atoms with E-state index < -0.39 is 0 Å². The van der Waals surface area contributed by atoms with Crippen molar-refractivity contribution in [3.05, 3.63) is 144 Å². The first-order valence-electron chi connectivity index (χ1n) is 15.1. The molecule has 0 saturated heterocycles. The minimum Gasteiger partial charge on any atom is -0.361 e. The quantitative estimate of drug-likeness (QED) is 0.130. The smallest absolute Gasteiger partial charge is 0.0457 e. The number of fused-ring (bicyclic) bond motifs is 4. The van der Waals surface area contributed by atoms with Gasteiger partial charge >= 0.3 is 0 Å². The van der Waals surface area contributed by atoms with Crippen LogP contribution in [0.25, 0.3) is 43.6 Å². The molecule has 4 nitrogen and oxygen atoms in total. The third kappa shape index (κ3) is 4.22. The van der Waals surface area contributed by atoms with Crippen LogP contribution in [-0.2, 0) is 0 Å². The first-order valence-corrected chi connectivity index (χ1v) is 15.1. The number of hydrogen-bond donors (Lipinski definition) is 4. The summed E-state index contributed by atoms with van der Waals surface area (Å²) in [7, 11) is 0. The van der Waals surface area contributed by atoms with Crippen molar-refractivity contribution in [1.82, 2.24) is 19.9 Å². The second-order valence-corrected chi connectivity index (χ2v) is 11.5. The zero-order valence-electron chi connectivity index (χ0n) is 23.5. The highest BCUT2D eigenvalue weighted by molar-refractivity contribution is 5.89. The summed E-state index contributed by atoms with van der Waals surface area (Å²) in [6, 6.07) is 34.8. The zero-order chi connectivity index (χ0) is 27.9. The average molecular weight is 547 g/mol. The van der Waals surface area contributed by atoms with Crippen LogP contribution in [0, 0.1) is 0 Å². The van der Waals surface area contributed by atoms with Gasteiger partial charge in [0.05, 0.1) is 0 Å². The van der Waals surface area contributed by atoms with Crippen molar-refractivity contribution in [2.75, 3.05) is 0 Å². The molecule has 0 radical (unpaired) electrons. The number of hydrogen-bond acceptors (Lipinski definition) is 0. The maximum atomic E-state index is 3.54. The van der Waals surface area contributed by atoms with Gasteiger partial charge in [-0.3, -0.25) is 0 Å². The summed E-state index contributed by atoms with van der Waals surface area (Å²) in [6.07, 6.45) is 13.4. The van der Waals surface area contributed by atoms with Crippen molar-refractivity contribution in [2.45, 2.75) is 37.5 Å². The van der Waals surface area contributed by atoms with Gasteiger partial charge in [-0.2, -0.15) is 0 Å². The molecule has 0 atom stereocenters. The Morgan fingerprint density at radius 2 is 0.619 bits per heavy atom. The number of benzene rings is 4. The molecule has 0 aliphatic carbocycles. The average Bonchev–Trinajstić information content (AvgIpc) is 3.84. The van der Waals surface area contributed by atoms with E-state index in [-0.39, 0.29) is 0 Å². The number of rotatable bonds is 9. The number of H-pyrrole nitrogens is 4. The van der Waals surface area contributed by atoms with E-state index in [1.807, 2.05) is 0 Å². The van der Waals surface area contributed by atoms with Crippen LogP contribution < -0.4 is 0 Å². The van der Waals surface area contributed by atoms with E-state index in [1.165, 1.54) is 65.9 Å². The minimum atomic E-state index is 0.317. The Hall–Kier alpha value is -4.96. The van der Waals surface area contributed by atoms with Crippen LogP contribution in [0.1, 0.15) is 59.8 Å². The van der Waals surface area contributed by atoms with Gasteiger partial charge in [0.1, 0.15) is 0 Å². The third-order valence-electron chi connectivity index (χ3n) is 9.22. The molecule has 0 aliphatic heterocycles. The Balaban J connectivity index is 1.12. The molecular weight excluding hydrogens is 512 g/mol. The zero-order valence-corrected chi connectivity index (χ0v) is 23.5. The largest absolute Gasteiger partial charge is 0.361 e. The summed E-state index contributed by atoms with van der Waals surface area (Å²) in [5.41, 5.74) is 10.4. The fourth-order valence-electron chi connectivity index (χ4n) is 7.18. The molecule has 0 saturated carbocycles. The second-order valence-electron chi connectivity index (χ2n) is 11.5. The van der Waals surface area contributed by atoms with E-state index in [1.54, 1.807) is 0 Å². The highest BCUT2D eigenvalue weighted by Gasteiger charge is 2.23. The third-order valence-corrected chi connectivity index (χ3v) is 9.22. The molecule has 4 heteroatoms. The highest BCUT2D eigenvalue weighted by atomic mass is 14.7. The standard InChI is InChI=1S/C38H34N4/c1(11-25(31-21-39-35-17-7-3-13-27(31)35)32-22-40-36-18-8-4-14-28(32)36)2-12-26(33-23-41-37-19-9-5-15-29(33)37)34-24-42-38-20-10-6-16-30(34)38/h3-10,13-26,39-42H,1-2,11-12H2. The van der Waals surface area contributed by atoms with Gasteiger partial charge in [0, 0.05) is 80.2 Å². The molecule has 0 spiro atoms. The van der Waals surface area contributed by atoms with Crippen LogP contribution >= 0.6 is 0 Å². The molecule has 0 bridgehead atoms. The van der Waals surface area contributed by atoms with Crippen LogP contribution in [0.15, 0.2) is 122 Å². The number of unbranched alkanes of at least 4 members (excludes halogenated alkanes) is 1. The van der Waals surface area contributed by atoms with Crippen LogP contribution in [0.3, 0.4) is 0 Å². The van der Waals surface area contributed by atoms with Gasteiger partial charge in [0.2, 0.25) is 0 Å². The molecule has 8 rings (SSSR count). The van der Waals surface area contributed by atoms with Gasteiger partial charge in [0.15, 0.2) is 0 Å². The van der Waals surface area contributed by atoms with Crippen LogP contribution in [-0.4, -0.2) is 19.9 Å². The molecule has 42 heavy (non-hydrogen) atoms. The van der Waals surface area contributed by atoms with Gasteiger partial charge in [-0.25, -0.2) is 0 Å². The van der Waals surface area contributed by atoms with Crippen molar-refractivity contribution < 1.29 is 0 Å². The Labute approximate surface area is 244 Å². The summed E-state index contributed by atoms with van der Waals surface area (Å²) in [6.45, 7) is 0. The molecule has 0 fully saturated rings. The van der Waals surface area contributed by atoms with Crippen LogP contribution in [0.2, 0.25) is 0 Å². The molecule has 0 amide bonds. The van der Waals surface area contributed by atoms with Gasteiger partial charge in [-0.1, -0.05) is 85.6 Å². The summed E-state index contributed by atoms with van der Waals surface area (Å²) in [5, 5.41) is 5.29. The number of aromatic amines is 4. The fourth-order valence-corrected chi connectivity index (χ4v) is 7.18. The molecule has 4 aromatic heterocycles. The first-order chi connectivity index (χ1) is 20.8. The fraction of sp³-hybridized carbons (Fsp3) is 0.158. The lowest BCUT2D eigenvalue weighted by Crippen LogP contribution is -2.03. The SMILES string of the molecule is c1ccc2c(C(CCCCC(c3c[nH]c4ccccc34)c3c[nH]c4ccccc34)c3c[nH]c4ccccc34)c[nH]c2c1. The first kappa shape index (κ1) is 24.8. The lowest BCUT2D eigenvalue weighted by atomic mass is 9.83. The monoisotopic (exact) mass is 546 g/mol. The van der Waals surface area contributed by atoms with E-state index in [4.69, 9.17) is 0 Å². The normalized spacial score (nSPS) is 12.1. The van der Waals surface area contributed by atoms with E-state index in [9.17, 15) is 0 Å². The molecule has 0 aliphatic rings. The van der Waals surface area contributed by atoms with Gasteiger partial charge < -0.3 is 19.9 Å². The van der Waals surface area contributed by atoms with E-state index in [0.717, 1.165) is 25.7 Å². The summed E-state index contributed by atoms with van der Waals surface area (Å²) >= 11 is 0. The maximum Gasteiger partial charge on any atom is 0.0457 e. The predicted molar refractivity (Wildman–Crippen MR) is 175 cm³/mol. The van der Waals surface area contributed by atoms with Crippen molar-refractivity contribution >= 4 is 43.6 Å². The predicted octanol–water partition coefficient (Wildman–Crippen LogP) is 10.1. The summed E-state index contributed by atoms with van der Waals surface area (Å²) in [4.78, 5) is 14.2. The Kier molecular flexibility index (Phi) is 6.18. The number of aromatic nitrogens is 4. The van der Waals surface area contributed by atoms with Crippen molar-refractivity contribution in [3.8, 4) is 0 Å². The number of nitrogens with one attached hydrogen (secondary N) is 4. The molecule has 8 aromatic rings. The van der Waals surface area contributed by atoms with Crippen LogP contribution in [0.5, 0.6) is 0 Å². The van der Waals surface area contributed by atoms with E-state index in [0.29, 0.717) is 11.8 Å². The van der Waals surface area contributed by atoms with Crippen LogP contribution in [0.4, 0.5) is 0 Å². The topological polar surface area (TPSA) is 63.2 Å². The molecule has 4 N–H and O–H groups in total. The number of para-hydroxylation sites is 4. The Morgan fingerprint density at radius 3 is 0.905 bits per heavy atom. The molecule has 206 valence electrons. The van der Waals surface area contributed by atoms with E-state index >= 15 is 0 Å². The van der Waals surface area contributed by atoms with Gasteiger partial charge in [0.25, 0.3) is 0 Å². The van der Waals surface area contributed by atoms with Crippen molar-refractivity contribution in [3.63, 3.8) is 0 Å². The molecule has 4 heterocycles. The Bertz CT molecular complexity index is 1830. The Morgan fingerprint density at radius 1 is 0.357 bits per heavy atom. The molecule has 4 aromatic carbocycles. The van der Waals surface area contributed by atoms with Gasteiger partial charge in [-0.15, -0.1) is 0 Å². The molecule has 0 unspecified atom stereocenters. The second kappa shape index (κ2) is 10.5. The lowest BCUT2D eigenvalue weighted by molar-refractivity contribution is 0.580. The highest BCUT2D eigenvalue weighted by Crippen LogP contribution is 2.41. The summed E-state index contributed by atoms with van der Waals surface area (Å²) in [5.74, 6) is 0.633. The van der Waals surface area contributed by atoms with Gasteiger partial charge in [-0.05, 0) is 59.4 Å².